The SMILES string of the molecule is CCOc1cc(C=NNC(=O)CNc2ccc(C)c(C)c2)ccc1OCc1ccc(C(=O)O)o1. The molecule has 0 unspecified atom stereocenters. The molecule has 3 N–H and O–H groups in total. The number of rotatable bonds is 11. The molecule has 3 rings (SSSR count). The molecule has 1 amide bonds. The van der Waals surface area contributed by atoms with Crippen LogP contribution in [-0.4, -0.2) is 36.3 Å². The van der Waals surface area contributed by atoms with Crippen LogP contribution in [0.25, 0.3) is 0 Å². The molecule has 0 radical (unpaired) electrons. The first-order valence-electron chi connectivity index (χ1n) is 10.7. The Morgan fingerprint density at radius 3 is 2.56 bits per heavy atom. The van der Waals surface area contributed by atoms with Crippen molar-refractivity contribution >= 4 is 23.8 Å². The van der Waals surface area contributed by atoms with Crippen LogP contribution in [0.2, 0.25) is 0 Å². The van der Waals surface area contributed by atoms with Crippen LogP contribution in [0.15, 0.2) is 58.0 Å². The zero-order valence-corrected chi connectivity index (χ0v) is 19.3. The lowest BCUT2D eigenvalue weighted by molar-refractivity contribution is -0.119. The molecule has 9 heteroatoms. The van der Waals surface area contributed by atoms with Crippen molar-refractivity contribution in [2.45, 2.75) is 27.4 Å². The summed E-state index contributed by atoms with van der Waals surface area (Å²) in [7, 11) is 0. The van der Waals surface area contributed by atoms with E-state index in [0.29, 0.717) is 29.4 Å². The van der Waals surface area contributed by atoms with Gasteiger partial charge in [0.25, 0.3) is 5.91 Å². The van der Waals surface area contributed by atoms with E-state index >= 15 is 0 Å². The van der Waals surface area contributed by atoms with Crippen molar-refractivity contribution in [2.24, 2.45) is 5.10 Å². The molecule has 34 heavy (non-hydrogen) atoms. The minimum Gasteiger partial charge on any atom is -0.490 e. The molecule has 178 valence electrons. The number of hydrogen-bond acceptors (Lipinski definition) is 7. The fourth-order valence-corrected chi connectivity index (χ4v) is 2.96. The molecule has 2 aromatic carbocycles. The number of aromatic carboxylic acids is 1. The first-order chi connectivity index (χ1) is 16.4. The van der Waals surface area contributed by atoms with Gasteiger partial charge in [-0.2, -0.15) is 5.10 Å². The van der Waals surface area contributed by atoms with Crippen molar-refractivity contribution in [3.05, 3.63) is 76.7 Å². The number of nitrogens with zero attached hydrogens (tertiary/aromatic N) is 1. The van der Waals surface area contributed by atoms with E-state index in [1.54, 1.807) is 24.3 Å². The lowest BCUT2D eigenvalue weighted by Gasteiger charge is -2.11. The Balaban J connectivity index is 1.55. The van der Waals surface area contributed by atoms with Gasteiger partial charge in [0.2, 0.25) is 5.76 Å². The molecule has 0 aliphatic carbocycles. The van der Waals surface area contributed by atoms with Gasteiger partial charge in [0.15, 0.2) is 11.5 Å². The normalized spacial score (nSPS) is 10.8. The van der Waals surface area contributed by atoms with Gasteiger partial charge in [-0.3, -0.25) is 4.79 Å². The summed E-state index contributed by atoms with van der Waals surface area (Å²) in [6.45, 7) is 6.45. The van der Waals surface area contributed by atoms with Crippen LogP contribution in [0.3, 0.4) is 0 Å². The zero-order valence-electron chi connectivity index (χ0n) is 19.3. The van der Waals surface area contributed by atoms with Crippen molar-refractivity contribution in [3.63, 3.8) is 0 Å². The lowest BCUT2D eigenvalue weighted by Crippen LogP contribution is -2.25. The lowest BCUT2D eigenvalue weighted by atomic mass is 10.1. The number of aryl methyl sites for hydroxylation is 2. The van der Waals surface area contributed by atoms with Crippen LogP contribution >= 0.6 is 0 Å². The summed E-state index contributed by atoms with van der Waals surface area (Å²) in [6.07, 6.45) is 1.51. The van der Waals surface area contributed by atoms with Gasteiger partial charge < -0.3 is 24.3 Å². The van der Waals surface area contributed by atoms with Crippen molar-refractivity contribution in [1.29, 1.82) is 0 Å². The maximum atomic E-state index is 12.1. The van der Waals surface area contributed by atoms with Crippen LogP contribution in [-0.2, 0) is 11.4 Å². The minimum absolute atomic E-state index is 0.0460. The van der Waals surface area contributed by atoms with E-state index in [2.05, 4.69) is 15.8 Å². The molecule has 1 aromatic heterocycles. The average molecular weight is 466 g/mol. The van der Waals surface area contributed by atoms with Crippen LogP contribution in [0.5, 0.6) is 11.5 Å². The van der Waals surface area contributed by atoms with Gasteiger partial charge >= 0.3 is 5.97 Å². The highest BCUT2D eigenvalue weighted by Gasteiger charge is 2.11. The number of furan rings is 1. The van der Waals surface area contributed by atoms with E-state index in [1.165, 1.54) is 17.8 Å². The van der Waals surface area contributed by atoms with Crippen molar-refractivity contribution < 1.29 is 28.6 Å². The Labute approximate surface area is 197 Å². The second-order valence-electron chi connectivity index (χ2n) is 7.44. The number of carbonyl (C=O) groups excluding carboxylic acids is 1. The van der Waals surface area contributed by atoms with Crippen molar-refractivity contribution in [2.75, 3.05) is 18.5 Å². The first kappa shape index (κ1) is 24.4. The fourth-order valence-electron chi connectivity index (χ4n) is 2.96. The van der Waals surface area contributed by atoms with Gasteiger partial charge in [-0.05, 0) is 79.9 Å². The van der Waals surface area contributed by atoms with Gasteiger partial charge in [-0.15, -0.1) is 0 Å². The van der Waals surface area contributed by atoms with Gasteiger partial charge in [-0.25, -0.2) is 10.2 Å². The molecule has 9 nitrogen and oxygen atoms in total. The number of ether oxygens (including phenoxy) is 2. The van der Waals surface area contributed by atoms with E-state index in [-0.39, 0.29) is 24.8 Å². The predicted molar refractivity (Wildman–Crippen MR) is 128 cm³/mol. The third kappa shape index (κ3) is 6.86. The molecule has 0 fully saturated rings. The molecule has 0 bridgehead atoms. The van der Waals surface area contributed by atoms with Crippen LogP contribution in [0.1, 0.15) is 39.9 Å². The molecule has 3 aromatic rings. The average Bonchev–Trinajstić information content (AvgIpc) is 3.29. The maximum Gasteiger partial charge on any atom is 0.371 e. The maximum absolute atomic E-state index is 12.1. The third-order valence-electron chi connectivity index (χ3n) is 4.87. The Morgan fingerprint density at radius 2 is 1.85 bits per heavy atom. The Morgan fingerprint density at radius 1 is 1.03 bits per heavy atom. The second-order valence-corrected chi connectivity index (χ2v) is 7.44. The molecule has 1 heterocycles. The summed E-state index contributed by atoms with van der Waals surface area (Å²) < 4.78 is 16.5. The highest BCUT2D eigenvalue weighted by atomic mass is 16.5. The van der Waals surface area contributed by atoms with Gasteiger partial charge in [0.1, 0.15) is 12.4 Å². The quantitative estimate of drug-likeness (QED) is 0.287. The summed E-state index contributed by atoms with van der Waals surface area (Å²) in [4.78, 5) is 23.0. The van der Waals surface area contributed by atoms with E-state index in [4.69, 9.17) is 19.0 Å². The molecule has 0 aliphatic heterocycles. The third-order valence-corrected chi connectivity index (χ3v) is 4.87. The minimum atomic E-state index is -1.14. The predicted octanol–water partition coefficient (Wildman–Crippen LogP) is 4.13. The molecule has 0 spiro atoms. The number of carboxylic acid groups (broad SMARTS) is 1. The first-order valence-corrected chi connectivity index (χ1v) is 10.7. The Kier molecular flexibility index (Phi) is 8.28. The van der Waals surface area contributed by atoms with E-state index in [9.17, 15) is 9.59 Å². The monoisotopic (exact) mass is 465 g/mol. The molecule has 0 aliphatic rings. The van der Waals surface area contributed by atoms with Gasteiger partial charge in [0, 0.05) is 5.69 Å². The highest BCUT2D eigenvalue weighted by molar-refractivity contribution is 5.85. The van der Waals surface area contributed by atoms with E-state index < -0.39 is 5.97 Å². The number of hydrogen-bond donors (Lipinski definition) is 3. The summed E-state index contributed by atoms with van der Waals surface area (Å²) >= 11 is 0. The molecule has 0 saturated heterocycles. The van der Waals surface area contributed by atoms with Crippen LogP contribution in [0.4, 0.5) is 5.69 Å². The molecular formula is C25H27N3O6. The smallest absolute Gasteiger partial charge is 0.371 e. The van der Waals surface area contributed by atoms with Crippen molar-refractivity contribution in [3.8, 4) is 11.5 Å². The van der Waals surface area contributed by atoms with Crippen LogP contribution in [0, 0.1) is 13.8 Å². The Bertz CT molecular complexity index is 1190. The summed E-state index contributed by atoms with van der Waals surface area (Å²) in [5.41, 5.74) is 6.39. The number of anilines is 1. The largest absolute Gasteiger partial charge is 0.490 e. The Hall–Kier alpha value is -4.27. The summed E-state index contributed by atoms with van der Waals surface area (Å²) in [6, 6.07) is 14.0. The molecular weight excluding hydrogens is 438 g/mol. The van der Waals surface area contributed by atoms with Crippen molar-refractivity contribution in [1.82, 2.24) is 5.43 Å². The number of benzene rings is 2. The highest BCUT2D eigenvalue weighted by Crippen LogP contribution is 2.29. The second kappa shape index (κ2) is 11.6. The zero-order chi connectivity index (χ0) is 24.5. The number of amides is 1. The number of carbonyl (C=O) groups is 2. The number of carboxylic acids is 1. The van der Waals surface area contributed by atoms with Gasteiger partial charge in [0.05, 0.1) is 19.4 Å². The topological polar surface area (TPSA) is 122 Å². The fraction of sp³-hybridized carbons (Fsp3) is 0.240. The summed E-state index contributed by atoms with van der Waals surface area (Å²) in [5, 5.41) is 16.0. The van der Waals surface area contributed by atoms with E-state index in [1.807, 2.05) is 39.0 Å². The number of nitrogens with one attached hydrogen (secondary N) is 2. The van der Waals surface area contributed by atoms with Gasteiger partial charge in [-0.1, -0.05) is 6.07 Å². The molecule has 0 atom stereocenters. The standard InChI is InChI=1S/C25H27N3O6/c1-4-32-23-12-18(6-9-21(23)33-15-20-8-10-22(34-20)25(30)31)13-27-28-24(29)14-26-19-7-5-16(2)17(3)11-19/h5-13,26H,4,14-15H2,1-3H3,(H,28,29)(H,30,31). The molecule has 0 saturated carbocycles. The number of hydrazone groups is 1. The van der Waals surface area contributed by atoms with E-state index in [0.717, 1.165) is 11.3 Å². The van der Waals surface area contributed by atoms with Crippen LogP contribution < -0.4 is 20.2 Å². The summed E-state index contributed by atoms with van der Waals surface area (Å²) in [5.74, 6) is -0.242.